The minimum atomic E-state index is -1.37. The highest BCUT2D eigenvalue weighted by Crippen LogP contribution is 2.21. The van der Waals surface area contributed by atoms with Crippen molar-refractivity contribution in [3.05, 3.63) is 39.9 Å². The van der Waals surface area contributed by atoms with E-state index >= 15 is 0 Å². The number of likely N-dealkylation sites (tertiary alicyclic amines) is 1. The van der Waals surface area contributed by atoms with Crippen molar-refractivity contribution in [2.24, 2.45) is 0 Å². The van der Waals surface area contributed by atoms with Crippen LogP contribution >= 0.6 is 35.6 Å². The van der Waals surface area contributed by atoms with Crippen molar-refractivity contribution in [2.45, 2.75) is 29.8 Å². The van der Waals surface area contributed by atoms with Crippen LogP contribution < -0.4 is 5.32 Å². The topological polar surface area (TPSA) is 122 Å². The van der Waals surface area contributed by atoms with Gasteiger partial charge < -0.3 is 15.2 Å². The molecule has 1 amide bonds. The van der Waals surface area contributed by atoms with Gasteiger partial charge in [-0.3, -0.25) is 24.6 Å². The van der Waals surface area contributed by atoms with Gasteiger partial charge in [-0.1, -0.05) is 23.2 Å². The molecule has 2 atom stereocenters. The van der Waals surface area contributed by atoms with Crippen LogP contribution in [0.1, 0.15) is 24.5 Å². The molecule has 29 heavy (non-hydrogen) atoms. The van der Waals surface area contributed by atoms with Gasteiger partial charge in [-0.15, -0.1) is 12.4 Å². The zero-order valence-corrected chi connectivity index (χ0v) is 17.7. The van der Waals surface area contributed by atoms with Crippen LogP contribution in [0.25, 0.3) is 0 Å². The van der Waals surface area contributed by atoms with Gasteiger partial charge in [0, 0.05) is 12.1 Å². The van der Waals surface area contributed by atoms with Crippen LogP contribution in [0.2, 0.25) is 0 Å². The van der Waals surface area contributed by atoms with E-state index in [-0.39, 0.29) is 31.2 Å². The molecule has 2 N–H and O–H groups in total. The number of aliphatic hydroxyl groups is 1. The highest BCUT2D eigenvalue weighted by molar-refractivity contribution is 6.53. The summed E-state index contributed by atoms with van der Waals surface area (Å²) < 4.78 is 5.20. The van der Waals surface area contributed by atoms with Crippen molar-refractivity contribution in [1.82, 2.24) is 10.2 Å². The van der Waals surface area contributed by atoms with Crippen LogP contribution in [0.4, 0.5) is 5.69 Å². The predicted octanol–water partition coefficient (Wildman–Crippen LogP) is 1.98. The molecule has 0 saturated carbocycles. The highest BCUT2D eigenvalue weighted by Gasteiger charge is 2.27. The molecule has 2 rings (SSSR count). The Labute approximate surface area is 183 Å². The lowest BCUT2D eigenvalue weighted by atomic mass is 10.0. The minimum absolute atomic E-state index is 0. The minimum Gasteiger partial charge on any atom is -0.462 e. The molecule has 0 aromatic heterocycles. The number of ether oxygens (including phenoxy) is 1. The van der Waals surface area contributed by atoms with E-state index in [2.05, 4.69) is 5.32 Å². The predicted molar refractivity (Wildman–Crippen MR) is 109 cm³/mol. The molecule has 1 aliphatic rings. The molecule has 1 heterocycles. The monoisotopic (exact) mass is 469 g/mol. The number of hydrogen-bond acceptors (Lipinski definition) is 7. The molecule has 0 radical (unpaired) electrons. The van der Waals surface area contributed by atoms with Gasteiger partial charge in [0.05, 0.1) is 17.5 Å². The first-order chi connectivity index (χ1) is 13.3. The number of rotatable bonds is 9. The molecule has 12 heteroatoms. The van der Waals surface area contributed by atoms with Crippen LogP contribution in [0, 0.1) is 10.1 Å². The number of benzene rings is 1. The third-order valence-electron chi connectivity index (χ3n) is 4.33. The summed E-state index contributed by atoms with van der Waals surface area (Å²) in [4.78, 5) is 34.6. The van der Waals surface area contributed by atoms with Crippen LogP contribution in [0.15, 0.2) is 24.3 Å². The Hall–Kier alpha value is -1.65. The summed E-state index contributed by atoms with van der Waals surface area (Å²) in [5.74, 6) is -1.24. The van der Waals surface area contributed by atoms with Crippen molar-refractivity contribution < 1.29 is 24.4 Å². The number of alkyl halides is 2. The molecule has 162 valence electrons. The number of amides is 1. The first-order valence-electron chi connectivity index (χ1n) is 8.67. The van der Waals surface area contributed by atoms with E-state index < -0.39 is 33.8 Å². The average Bonchev–Trinajstić information content (AvgIpc) is 3.17. The average molecular weight is 471 g/mol. The Morgan fingerprint density at radius 1 is 1.24 bits per heavy atom. The molecular weight excluding hydrogens is 449 g/mol. The summed E-state index contributed by atoms with van der Waals surface area (Å²) in [6.45, 7) is 1.46. The van der Waals surface area contributed by atoms with E-state index in [1.165, 1.54) is 24.3 Å². The van der Waals surface area contributed by atoms with Gasteiger partial charge in [-0.2, -0.15) is 0 Å². The van der Waals surface area contributed by atoms with E-state index in [4.69, 9.17) is 27.9 Å². The number of nitro groups is 1. The number of aliphatic hydroxyl groups excluding tert-OH is 1. The molecule has 1 aromatic rings. The van der Waals surface area contributed by atoms with Crippen molar-refractivity contribution in [1.29, 1.82) is 0 Å². The van der Waals surface area contributed by atoms with Gasteiger partial charge in [-0.05, 0) is 43.6 Å². The lowest BCUT2D eigenvalue weighted by Gasteiger charge is -2.25. The van der Waals surface area contributed by atoms with Gasteiger partial charge >= 0.3 is 5.97 Å². The molecule has 0 spiro atoms. The normalized spacial score (nSPS) is 16.0. The summed E-state index contributed by atoms with van der Waals surface area (Å²) in [6, 6.07) is 4.13. The Morgan fingerprint density at radius 3 is 2.34 bits per heavy atom. The van der Waals surface area contributed by atoms with Gasteiger partial charge in [0.25, 0.3) is 11.6 Å². The lowest BCUT2D eigenvalue weighted by molar-refractivity contribution is -0.384. The van der Waals surface area contributed by atoms with E-state index in [9.17, 15) is 24.8 Å². The number of carbonyl (C=O) groups excluding carboxylic acids is 2. The maximum atomic E-state index is 12.0. The third-order valence-corrected chi connectivity index (χ3v) is 4.72. The van der Waals surface area contributed by atoms with E-state index in [1.54, 1.807) is 0 Å². The van der Waals surface area contributed by atoms with Gasteiger partial charge in [0.15, 0.2) is 4.84 Å². The number of nitrogens with one attached hydrogen (secondary N) is 1. The van der Waals surface area contributed by atoms with Crippen molar-refractivity contribution in [2.75, 3.05) is 26.2 Å². The smallest absolute Gasteiger partial charge is 0.320 e. The number of nitro benzene ring substituents is 1. The quantitative estimate of drug-likeness (QED) is 0.245. The number of esters is 1. The van der Waals surface area contributed by atoms with E-state index in [1.807, 2.05) is 4.90 Å². The van der Waals surface area contributed by atoms with E-state index in [0.717, 1.165) is 25.9 Å². The first-order valence-corrected chi connectivity index (χ1v) is 9.54. The number of carbonyl (C=O) groups is 2. The van der Waals surface area contributed by atoms with Gasteiger partial charge in [-0.25, -0.2) is 0 Å². The lowest BCUT2D eigenvalue weighted by Crippen LogP contribution is -2.45. The van der Waals surface area contributed by atoms with Crippen LogP contribution in [0.5, 0.6) is 0 Å². The fraction of sp³-hybridized carbons (Fsp3) is 0.529. The highest BCUT2D eigenvalue weighted by atomic mass is 35.5. The second-order valence-electron chi connectivity index (χ2n) is 6.38. The van der Waals surface area contributed by atoms with Crippen molar-refractivity contribution in [3.8, 4) is 0 Å². The largest absolute Gasteiger partial charge is 0.462 e. The SMILES string of the molecule is Cl.O=C(CN1CCCC1)OC[C@@H](NC(=O)C(Cl)Cl)[C@H](O)c1ccc([N+](=O)[O-])cc1. The fourth-order valence-corrected chi connectivity index (χ4v) is 2.96. The van der Waals surface area contributed by atoms with E-state index in [0.29, 0.717) is 5.56 Å². The molecule has 0 bridgehead atoms. The Balaban J connectivity index is 0.00000420. The van der Waals surface area contributed by atoms with Gasteiger partial charge in [0.2, 0.25) is 0 Å². The summed E-state index contributed by atoms with van der Waals surface area (Å²) in [6.07, 6.45) is 0.756. The zero-order chi connectivity index (χ0) is 20.7. The number of non-ortho nitro benzene ring substituents is 1. The summed E-state index contributed by atoms with van der Waals surface area (Å²) >= 11 is 11.1. The molecule has 1 aromatic carbocycles. The zero-order valence-electron chi connectivity index (χ0n) is 15.3. The maximum Gasteiger partial charge on any atom is 0.320 e. The second kappa shape index (κ2) is 12.1. The molecule has 1 fully saturated rings. The van der Waals surface area contributed by atoms with Crippen molar-refractivity contribution in [3.63, 3.8) is 0 Å². The first kappa shape index (κ1) is 25.4. The number of hydrogen-bond donors (Lipinski definition) is 2. The molecule has 0 unspecified atom stereocenters. The number of nitrogens with zero attached hydrogens (tertiary/aromatic N) is 2. The fourth-order valence-electron chi connectivity index (χ4n) is 2.83. The summed E-state index contributed by atoms with van der Waals surface area (Å²) in [5, 5.41) is 23.7. The maximum absolute atomic E-state index is 12.0. The van der Waals surface area contributed by atoms with Crippen LogP contribution in [-0.2, 0) is 14.3 Å². The summed E-state index contributed by atoms with van der Waals surface area (Å²) in [7, 11) is 0. The Kier molecular flexibility index (Phi) is 10.6. The third kappa shape index (κ3) is 7.94. The standard InChI is InChI=1S/C17H21Cl2N3O6.ClH/c18-16(19)17(25)20-13(10-28-14(23)9-21-7-1-2-8-21)15(24)11-3-5-12(6-4-11)22(26)27;/h3-6,13,15-16,24H,1-2,7-10H2,(H,20,25);1H/t13-,15-;/m1./s1. The molecule has 1 aliphatic heterocycles. The Morgan fingerprint density at radius 2 is 1.83 bits per heavy atom. The molecule has 9 nitrogen and oxygen atoms in total. The molecule has 0 aliphatic carbocycles. The second-order valence-corrected chi connectivity index (χ2v) is 7.47. The Bertz CT molecular complexity index is 698. The van der Waals surface area contributed by atoms with Crippen LogP contribution in [-0.4, -0.2) is 63.9 Å². The molecule has 1 saturated heterocycles. The number of halogens is 3. The molecular formula is C17H22Cl3N3O6. The summed E-state index contributed by atoms with van der Waals surface area (Å²) in [5.41, 5.74) is 0.155. The van der Waals surface area contributed by atoms with Crippen LogP contribution in [0.3, 0.4) is 0 Å². The van der Waals surface area contributed by atoms with Crippen molar-refractivity contribution >= 4 is 53.2 Å². The van der Waals surface area contributed by atoms with Gasteiger partial charge in [0.1, 0.15) is 12.7 Å².